The lowest BCUT2D eigenvalue weighted by Gasteiger charge is -2.29. The first kappa shape index (κ1) is 20.9. The predicted octanol–water partition coefficient (Wildman–Crippen LogP) is 7.47. The fourth-order valence-corrected chi connectivity index (χ4v) is 4.63. The third-order valence-electron chi connectivity index (χ3n) is 6.25. The minimum absolute atomic E-state index is 0.677. The highest BCUT2D eigenvalue weighted by Gasteiger charge is 2.21. The first-order chi connectivity index (χ1) is 13.8. The van der Waals surface area contributed by atoms with E-state index in [1.54, 1.807) is 0 Å². The molecule has 2 heteroatoms. The van der Waals surface area contributed by atoms with Gasteiger partial charge < -0.3 is 4.74 Å². The standard InChI is InChI=1S/C26H37NO/c1-3-5-6-8-22-9-7-10-23(19-22)12-11-21-13-15-24(16-14-21)26-18-17-25(20-27-26)28-4-2/h13-18,20,22-23H,3-12,19H2,1-2H3. The largest absolute Gasteiger partial charge is 0.492 e. The quantitative estimate of drug-likeness (QED) is 0.399. The van der Waals surface area contributed by atoms with Crippen molar-refractivity contribution < 1.29 is 4.74 Å². The van der Waals surface area contributed by atoms with Crippen LogP contribution in [0.3, 0.4) is 0 Å². The highest BCUT2D eigenvalue weighted by molar-refractivity contribution is 5.59. The van der Waals surface area contributed by atoms with Crippen LogP contribution in [0.15, 0.2) is 42.6 Å². The molecule has 28 heavy (non-hydrogen) atoms. The molecule has 2 aromatic rings. The van der Waals surface area contributed by atoms with Gasteiger partial charge in [-0.3, -0.25) is 4.98 Å². The molecule has 1 fully saturated rings. The van der Waals surface area contributed by atoms with Crippen LogP contribution in [0, 0.1) is 11.8 Å². The zero-order chi connectivity index (χ0) is 19.6. The van der Waals surface area contributed by atoms with Crippen LogP contribution in [0.2, 0.25) is 0 Å². The Morgan fingerprint density at radius 3 is 2.39 bits per heavy atom. The molecule has 0 bridgehead atoms. The lowest BCUT2D eigenvalue weighted by molar-refractivity contribution is 0.240. The monoisotopic (exact) mass is 379 g/mol. The molecule has 2 atom stereocenters. The van der Waals surface area contributed by atoms with E-state index >= 15 is 0 Å². The fourth-order valence-electron chi connectivity index (χ4n) is 4.63. The zero-order valence-electron chi connectivity index (χ0n) is 17.8. The molecule has 0 aliphatic heterocycles. The van der Waals surface area contributed by atoms with Crippen LogP contribution < -0.4 is 4.74 Å². The third kappa shape index (κ3) is 6.36. The molecule has 0 saturated heterocycles. The third-order valence-corrected chi connectivity index (χ3v) is 6.25. The Morgan fingerprint density at radius 1 is 0.929 bits per heavy atom. The number of ether oxygens (including phenoxy) is 1. The molecule has 1 saturated carbocycles. The summed E-state index contributed by atoms with van der Waals surface area (Å²) in [6.07, 6.45) is 15.9. The summed E-state index contributed by atoms with van der Waals surface area (Å²) in [5.41, 5.74) is 3.65. The maximum absolute atomic E-state index is 5.48. The van der Waals surface area contributed by atoms with Gasteiger partial charge in [0.2, 0.25) is 0 Å². The van der Waals surface area contributed by atoms with Crippen molar-refractivity contribution in [3.05, 3.63) is 48.2 Å². The Hall–Kier alpha value is -1.83. The summed E-state index contributed by atoms with van der Waals surface area (Å²) in [4.78, 5) is 4.53. The number of pyridine rings is 1. The summed E-state index contributed by atoms with van der Waals surface area (Å²) in [5, 5.41) is 0. The van der Waals surface area contributed by atoms with Crippen LogP contribution in [0.4, 0.5) is 0 Å². The number of aromatic nitrogens is 1. The van der Waals surface area contributed by atoms with Gasteiger partial charge >= 0.3 is 0 Å². The summed E-state index contributed by atoms with van der Waals surface area (Å²) in [7, 11) is 0. The van der Waals surface area contributed by atoms with Crippen LogP contribution in [0.1, 0.15) is 77.2 Å². The minimum atomic E-state index is 0.677. The molecule has 1 aromatic heterocycles. The maximum atomic E-state index is 5.48. The minimum Gasteiger partial charge on any atom is -0.492 e. The van der Waals surface area contributed by atoms with Gasteiger partial charge in [-0.15, -0.1) is 0 Å². The smallest absolute Gasteiger partial charge is 0.137 e. The summed E-state index contributed by atoms with van der Waals surface area (Å²) >= 11 is 0. The predicted molar refractivity (Wildman–Crippen MR) is 119 cm³/mol. The average Bonchev–Trinajstić information content (AvgIpc) is 2.74. The summed E-state index contributed by atoms with van der Waals surface area (Å²) in [6, 6.07) is 13.0. The van der Waals surface area contributed by atoms with E-state index in [0.717, 1.165) is 23.3 Å². The number of nitrogens with zero attached hydrogens (tertiary/aromatic N) is 1. The number of rotatable bonds is 10. The first-order valence-corrected chi connectivity index (χ1v) is 11.5. The van der Waals surface area contributed by atoms with E-state index < -0.39 is 0 Å². The van der Waals surface area contributed by atoms with E-state index in [9.17, 15) is 0 Å². The lowest BCUT2D eigenvalue weighted by Crippen LogP contribution is -2.16. The normalized spacial score (nSPS) is 19.5. The van der Waals surface area contributed by atoms with Gasteiger partial charge in [0.15, 0.2) is 0 Å². The van der Waals surface area contributed by atoms with E-state index in [2.05, 4.69) is 36.2 Å². The van der Waals surface area contributed by atoms with E-state index in [1.165, 1.54) is 75.3 Å². The Morgan fingerprint density at radius 2 is 1.71 bits per heavy atom. The van der Waals surface area contributed by atoms with E-state index in [-0.39, 0.29) is 0 Å². The lowest BCUT2D eigenvalue weighted by atomic mass is 9.77. The average molecular weight is 380 g/mol. The second-order valence-electron chi connectivity index (χ2n) is 8.44. The van der Waals surface area contributed by atoms with E-state index in [1.807, 2.05) is 25.3 Å². The van der Waals surface area contributed by atoms with Gasteiger partial charge in [-0.2, -0.15) is 0 Å². The van der Waals surface area contributed by atoms with Gasteiger partial charge in [-0.25, -0.2) is 0 Å². The molecule has 152 valence electrons. The zero-order valence-corrected chi connectivity index (χ0v) is 17.8. The summed E-state index contributed by atoms with van der Waals surface area (Å²) in [6.45, 7) is 4.98. The second-order valence-corrected chi connectivity index (χ2v) is 8.44. The van der Waals surface area contributed by atoms with Crippen LogP contribution >= 0.6 is 0 Å². The van der Waals surface area contributed by atoms with Gasteiger partial charge in [0.25, 0.3) is 0 Å². The molecule has 2 nitrogen and oxygen atoms in total. The fraction of sp³-hybridized carbons (Fsp3) is 0.577. The highest BCUT2D eigenvalue weighted by atomic mass is 16.5. The summed E-state index contributed by atoms with van der Waals surface area (Å²) < 4.78 is 5.48. The molecule has 1 heterocycles. The molecule has 0 amide bonds. The Kier molecular flexibility index (Phi) is 8.39. The number of hydrogen-bond donors (Lipinski definition) is 0. The number of unbranched alkanes of at least 4 members (excludes halogenated alkanes) is 2. The van der Waals surface area contributed by atoms with Crippen LogP contribution in [-0.2, 0) is 6.42 Å². The molecule has 1 aromatic carbocycles. The topological polar surface area (TPSA) is 22.1 Å². The van der Waals surface area contributed by atoms with Crippen molar-refractivity contribution in [2.45, 2.75) is 78.1 Å². The number of hydrogen-bond acceptors (Lipinski definition) is 2. The molecule has 0 radical (unpaired) electrons. The molecule has 0 spiro atoms. The molecule has 2 unspecified atom stereocenters. The van der Waals surface area contributed by atoms with Crippen molar-refractivity contribution in [2.75, 3.05) is 6.61 Å². The molecule has 1 aliphatic carbocycles. The summed E-state index contributed by atoms with van der Waals surface area (Å²) in [5.74, 6) is 2.77. The van der Waals surface area contributed by atoms with Crippen LogP contribution in [-0.4, -0.2) is 11.6 Å². The molecule has 0 N–H and O–H groups in total. The maximum Gasteiger partial charge on any atom is 0.137 e. The van der Waals surface area contributed by atoms with Gasteiger partial charge in [0.1, 0.15) is 5.75 Å². The molecule has 1 aliphatic rings. The van der Waals surface area contributed by atoms with E-state index in [4.69, 9.17) is 4.74 Å². The Labute approximate surface area is 171 Å². The van der Waals surface area contributed by atoms with Crippen molar-refractivity contribution >= 4 is 0 Å². The SMILES string of the molecule is CCCCCC1CCCC(CCc2ccc(-c3ccc(OCC)cn3)cc2)C1. The van der Waals surface area contributed by atoms with Crippen molar-refractivity contribution in [1.82, 2.24) is 4.98 Å². The van der Waals surface area contributed by atoms with Crippen molar-refractivity contribution in [3.8, 4) is 17.0 Å². The van der Waals surface area contributed by atoms with Crippen molar-refractivity contribution in [2.24, 2.45) is 11.8 Å². The Balaban J connectivity index is 1.47. The second kappa shape index (κ2) is 11.2. The molecular formula is C26H37NO. The van der Waals surface area contributed by atoms with Gasteiger partial charge in [0, 0.05) is 5.56 Å². The van der Waals surface area contributed by atoms with Crippen molar-refractivity contribution in [1.29, 1.82) is 0 Å². The van der Waals surface area contributed by atoms with Gasteiger partial charge in [-0.05, 0) is 55.7 Å². The first-order valence-electron chi connectivity index (χ1n) is 11.5. The molecule has 3 rings (SSSR count). The highest BCUT2D eigenvalue weighted by Crippen LogP contribution is 2.35. The number of benzene rings is 1. The van der Waals surface area contributed by atoms with Crippen LogP contribution in [0.5, 0.6) is 5.75 Å². The number of aryl methyl sites for hydroxylation is 1. The van der Waals surface area contributed by atoms with Crippen LogP contribution in [0.25, 0.3) is 11.3 Å². The molecular weight excluding hydrogens is 342 g/mol. The Bertz CT molecular complexity index is 677. The van der Waals surface area contributed by atoms with Crippen molar-refractivity contribution in [3.63, 3.8) is 0 Å². The van der Waals surface area contributed by atoms with Gasteiger partial charge in [0.05, 0.1) is 18.5 Å². The van der Waals surface area contributed by atoms with Gasteiger partial charge in [-0.1, -0.05) is 76.1 Å². The van der Waals surface area contributed by atoms with E-state index in [0.29, 0.717) is 6.61 Å².